The molecule has 2 aromatic rings. The third kappa shape index (κ3) is 5.78. The second-order valence-electron chi connectivity index (χ2n) is 5.93. The van der Waals surface area contributed by atoms with E-state index in [1.807, 2.05) is 0 Å². The van der Waals surface area contributed by atoms with Gasteiger partial charge in [0.25, 0.3) is 15.9 Å². The molecule has 0 aromatic heterocycles. The summed E-state index contributed by atoms with van der Waals surface area (Å²) in [5, 5.41) is 2.58. The fraction of sp³-hybridized carbons (Fsp3) is 0.222. The molecule has 2 amide bonds. The number of nitrogens with zero attached hydrogens (tertiary/aromatic N) is 1. The zero-order chi connectivity index (χ0) is 20.0. The second kappa shape index (κ2) is 8.63. The standard InChI is InChI=1S/C18H20FN3O4S/c1-22(2)17(23)10-11-20-18(24)13-4-3-5-16(12-13)27(25,26)21-15-8-6-14(19)7-9-15/h3-9,12,21H,10-11H2,1-2H3,(H,20,24). The summed E-state index contributed by atoms with van der Waals surface area (Å²) in [6.45, 7) is 0.140. The van der Waals surface area contributed by atoms with Gasteiger partial charge in [0.05, 0.1) is 4.90 Å². The Morgan fingerprint density at radius 3 is 2.37 bits per heavy atom. The van der Waals surface area contributed by atoms with E-state index < -0.39 is 21.7 Å². The lowest BCUT2D eigenvalue weighted by atomic mass is 10.2. The molecule has 2 rings (SSSR count). The summed E-state index contributed by atoms with van der Waals surface area (Å²) >= 11 is 0. The van der Waals surface area contributed by atoms with Gasteiger partial charge < -0.3 is 10.2 Å². The molecule has 0 radical (unpaired) electrons. The number of carbonyl (C=O) groups excluding carboxylic acids is 2. The van der Waals surface area contributed by atoms with Crippen molar-refractivity contribution in [3.63, 3.8) is 0 Å². The Bertz CT molecular complexity index is 928. The zero-order valence-electron chi connectivity index (χ0n) is 14.9. The Kier molecular flexibility index (Phi) is 6.51. The Morgan fingerprint density at radius 1 is 1.07 bits per heavy atom. The van der Waals surface area contributed by atoms with Crippen LogP contribution in [0.3, 0.4) is 0 Å². The van der Waals surface area contributed by atoms with E-state index in [0.29, 0.717) is 0 Å². The first-order chi connectivity index (χ1) is 12.7. The lowest BCUT2D eigenvalue weighted by Gasteiger charge is -2.11. The molecule has 0 unspecified atom stereocenters. The minimum absolute atomic E-state index is 0.108. The molecule has 0 saturated heterocycles. The number of sulfonamides is 1. The first-order valence-electron chi connectivity index (χ1n) is 8.06. The first kappa shape index (κ1) is 20.4. The van der Waals surface area contributed by atoms with Crippen molar-refractivity contribution >= 4 is 27.5 Å². The molecule has 144 valence electrons. The Balaban J connectivity index is 2.08. The number of rotatable bonds is 7. The van der Waals surface area contributed by atoms with Gasteiger partial charge >= 0.3 is 0 Å². The van der Waals surface area contributed by atoms with E-state index in [-0.39, 0.29) is 35.0 Å². The smallest absolute Gasteiger partial charge is 0.261 e. The van der Waals surface area contributed by atoms with Gasteiger partial charge in [0.15, 0.2) is 0 Å². The van der Waals surface area contributed by atoms with Gasteiger partial charge in [0, 0.05) is 38.3 Å². The van der Waals surface area contributed by atoms with Crippen LogP contribution in [0.25, 0.3) is 0 Å². The van der Waals surface area contributed by atoms with Crippen molar-refractivity contribution < 1.29 is 22.4 Å². The molecule has 27 heavy (non-hydrogen) atoms. The van der Waals surface area contributed by atoms with Crippen LogP contribution in [0.1, 0.15) is 16.8 Å². The van der Waals surface area contributed by atoms with E-state index in [1.54, 1.807) is 14.1 Å². The molecule has 2 aromatic carbocycles. The summed E-state index contributed by atoms with van der Waals surface area (Å²) in [4.78, 5) is 25.0. The molecule has 0 aliphatic heterocycles. The van der Waals surface area contributed by atoms with Crippen LogP contribution >= 0.6 is 0 Å². The molecule has 0 aliphatic rings. The van der Waals surface area contributed by atoms with Gasteiger partial charge in [0.2, 0.25) is 5.91 Å². The average Bonchev–Trinajstić information content (AvgIpc) is 2.63. The summed E-state index contributed by atoms with van der Waals surface area (Å²) in [6.07, 6.45) is 0.142. The minimum atomic E-state index is -3.94. The fourth-order valence-corrected chi connectivity index (χ4v) is 3.25. The van der Waals surface area contributed by atoms with E-state index >= 15 is 0 Å². The predicted octanol–water partition coefficient (Wildman–Crippen LogP) is 1.83. The van der Waals surface area contributed by atoms with Crippen LogP contribution in [0.4, 0.5) is 10.1 Å². The molecule has 0 aliphatic carbocycles. The summed E-state index contributed by atoms with van der Waals surface area (Å²) < 4.78 is 40.2. The SMILES string of the molecule is CN(C)C(=O)CCNC(=O)c1cccc(S(=O)(=O)Nc2ccc(F)cc2)c1. The van der Waals surface area contributed by atoms with Crippen LogP contribution in [0.2, 0.25) is 0 Å². The van der Waals surface area contributed by atoms with Gasteiger partial charge in [0.1, 0.15) is 5.82 Å². The van der Waals surface area contributed by atoms with Gasteiger partial charge in [-0.2, -0.15) is 0 Å². The molecule has 0 fully saturated rings. The number of nitrogens with one attached hydrogen (secondary N) is 2. The summed E-state index contributed by atoms with van der Waals surface area (Å²) in [5.74, 6) is -1.10. The van der Waals surface area contributed by atoms with Crippen LogP contribution < -0.4 is 10.0 Å². The van der Waals surface area contributed by atoms with E-state index in [0.717, 1.165) is 12.1 Å². The normalized spacial score (nSPS) is 10.9. The van der Waals surface area contributed by atoms with E-state index in [2.05, 4.69) is 10.0 Å². The predicted molar refractivity (Wildman–Crippen MR) is 99.3 cm³/mol. The first-order valence-corrected chi connectivity index (χ1v) is 9.54. The maximum atomic E-state index is 12.9. The molecule has 9 heteroatoms. The monoisotopic (exact) mass is 393 g/mol. The fourth-order valence-electron chi connectivity index (χ4n) is 2.15. The summed E-state index contributed by atoms with van der Waals surface area (Å²) in [6, 6.07) is 10.4. The largest absolute Gasteiger partial charge is 0.352 e. The molecule has 0 heterocycles. The number of hydrogen-bond donors (Lipinski definition) is 2. The average molecular weight is 393 g/mol. The minimum Gasteiger partial charge on any atom is -0.352 e. The Hall–Kier alpha value is -2.94. The quantitative estimate of drug-likeness (QED) is 0.750. The molecule has 0 atom stereocenters. The van der Waals surface area contributed by atoms with Crippen molar-refractivity contribution in [2.24, 2.45) is 0 Å². The second-order valence-corrected chi connectivity index (χ2v) is 7.62. The molecule has 2 N–H and O–H groups in total. The number of anilines is 1. The van der Waals surface area contributed by atoms with Gasteiger partial charge in [-0.15, -0.1) is 0 Å². The van der Waals surface area contributed by atoms with Gasteiger partial charge in [-0.3, -0.25) is 14.3 Å². The highest BCUT2D eigenvalue weighted by Crippen LogP contribution is 2.17. The topological polar surface area (TPSA) is 95.6 Å². The highest BCUT2D eigenvalue weighted by Gasteiger charge is 2.17. The van der Waals surface area contributed by atoms with E-state index in [4.69, 9.17) is 0 Å². The molecular formula is C18H20FN3O4S. The van der Waals surface area contributed by atoms with Crippen molar-refractivity contribution in [3.05, 3.63) is 59.9 Å². The maximum absolute atomic E-state index is 12.9. The van der Waals surface area contributed by atoms with Crippen molar-refractivity contribution in [1.29, 1.82) is 0 Å². The van der Waals surface area contributed by atoms with Crippen LogP contribution in [-0.4, -0.2) is 45.8 Å². The van der Waals surface area contributed by atoms with Crippen LogP contribution in [0.5, 0.6) is 0 Å². The molecule has 7 nitrogen and oxygen atoms in total. The van der Waals surface area contributed by atoms with Gasteiger partial charge in [-0.05, 0) is 42.5 Å². The zero-order valence-corrected chi connectivity index (χ0v) is 15.7. The lowest BCUT2D eigenvalue weighted by molar-refractivity contribution is -0.128. The van der Waals surface area contributed by atoms with E-state index in [1.165, 1.54) is 41.3 Å². The number of carbonyl (C=O) groups is 2. The van der Waals surface area contributed by atoms with Crippen molar-refractivity contribution in [3.8, 4) is 0 Å². The third-order valence-electron chi connectivity index (χ3n) is 3.63. The van der Waals surface area contributed by atoms with Crippen molar-refractivity contribution in [1.82, 2.24) is 10.2 Å². The van der Waals surface area contributed by atoms with E-state index in [9.17, 15) is 22.4 Å². The third-order valence-corrected chi connectivity index (χ3v) is 5.01. The Labute approximate surface area is 157 Å². The molecule has 0 bridgehead atoms. The van der Waals surface area contributed by atoms with Crippen molar-refractivity contribution in [2.75, 3.05) is 25.4 Å². The van der Waals surface area contributed by atoms with Gasteiger partial charge in [-0.25, -0.2) is 12.8 Å². The number of halogens is 1. The lowest BCUT2D eigenvalue weighted by Crippen LogP contribution is -2.30. The number of amides is 2. The van der Waals surface area contributed by atoms with Crippen LogP contribution in [0, 0.1) is 5.82 Å². The highest BCUT2D eigenvalue weighted by molar-refractivity contribution is 7.92. The van der Waals surface area contributed by atoms with Gasteiger partial charge in [-0.1, -0.05) is 6.07 Å². The molecule has 0 saturated carbocycles. The Morgan fingerprint density at radius 2 is 1.74 bits per heavy atom. The number of hydrogen-bond acceptors (Lipinski definition) is 4. The van der Waals surface area contributed by atoms with Crippen LogP contribution in [0.15, 0.2) is 53.4 Å². The molecular weight excluding hydrogens is 373 g/mol. The number of benzene rings is 2. The van der Waals surface area contributed by atoms with Crippen LogP contribution in [-0.2, 0) is 14.8 Å². The highest BCUT2D eigenvalue weighted by atomic mass is 32.2. The summed E-state index contributed by atoms with van der Waals surface area (Å²) in [7, 11) is -0.705. The maximum Gasteiger partial charge on any atom is 0.261 e. The molecule has 0 spiro atoms. The summed E-state index contributed by atoms with van der Waals surface area (Å²) in [5.41, 5.74) is 0.350. The van der Waals surface area contributed by atoms with Crippen molar-refractivity contribution in [2.45, 2.75) is 11.3 Å².